The first kappa shape index (κ1) is 13.1. The van der Waals surface area contributed by atoms with Gasteiger partial charge in [0.15, 0.2) is 0 Å². The summed E-state index contributed by atoms with van der Waals surface area (Å²) >= 11 is 1.63. The van der Waals surface area contributed by atoms with E-state index in [2.05, 4.69) is 19.2 Å². The molecule has 2 rings (SSSR count). The summed E-state index contributed by atoms with van der Waals surface area (Å²) in [4.78, 5) is 1.06. The van der Waals surface area contributed by atoms with E-state index in [0.29, 0.717) is 18.0 Å². The molecular weight excluding hydrogens is 230 g/mol. The molecule has 0 amide bonds. The first-order valence-corrected chi connectivity index (χ1v) is 7.40. The molecule has 17 heavy (non-hydrogen) atoms. The lowest BCUT2D eigenvalue weighted by molar-refractivity contribution is 0.149. The van der Waals surface area contributed by atoms with Crippen molar-refractivity contribution < 1.29 is 5.11 Å². The Bertz CT molecular complexity index is 334. The Kier molecular flexibility index (Phi) is 4.23. The second-order valence-electron chi connectivity index (χ2n) is 5.90. The van der Waals surface area contributed by atoms with Gasteiger partial charge in [-0.3, -0.25) is 0 Å². The summed E-state index contributed by atoms with van der Waals surface area (Å²) in [6.07, 6.45) is 4.77. The fourth-order valence-corrected chi connectivity index (χ4v) is 3.44. The summed E-state index contributed by atoms with van der Waals surface area (Å²) in [6, 6.07) is 4.57. The van der Waals surface area contributed by atoms with Crippen molar-refractivity contribution in [2.75, 3.05) is 6.54 Å². The van der Waals surface area contributed by atoms with E-state index in [4.69, 9.17) is 0 Å². The van der Waals surface area contributed by atoms with Gasteiger partial charge in [0.1, 0.15) is 6.10 Å². The maximum atomic E-state index is 10.0. The zero-order valence-electron chi connectivity index (χ0n) is 10.8. The number of aliphatic hydroxyl groups excluding tert-OH is 1. The number of hydrogen-bond donors (Lipinski definition) is 2. The molecule has 0 aliphatic heterocycles. The van der Waals surface area contributed by atoms with E-state index >= 15 is 0 Å². The molecule has 2 N–H and O–H groups in total. The molecule has 0 saturated heterocycles. The van der Waals surface area contributed by atoms with Crippen molar-refractivity contribution >= 4 is 11.3 Å². The van der Waals surface area contributed by atoms with Crippen LogP contribution in [-0.2, 0) is 0 Å². The number of aliphatic hydroxyl groups is 1. The third kappa shape index (κ3) is 3.80. The van der Waals surface area contributed by atoms with E-state index in [9.17, 15) is 5.11 Å². The predicted octanol–water partition coefficient (Wildman–Crippen LogP) is 3.34. The summed E-state index contributed by atoms with van der Waals surface area (Å²) < 4.78 is 0. The Morgan fingerprint density at radius 3 is 3.06 bits per heavy atom. The van der Waals surface area contributed by atoms with Crippen LogP contribution in [0, 0.1) is 5.41 Å². The Morgan fingerprint density at radius 1 is 1.59 bits per heavy atom. The molecule has 1 aromatic rings. The summed E-state index contributed by atoms with van der Waals surface area (Å²) in [5, 5.41) is 15.6. The number of hydrogen-bond acceptors (Lipinski definition) is 3. The summed E-state index contributed by atoms with van der Waals surface area (Å²) in [7, 11) is 0. The third-order valence-electron chi connectivity index (χ3n) is 3.68. The Balaban J connectivity index is 1.78. The van der Waals surface area contributed by atoms with Crippen molar-refractivity contribution in [3.8, 4) is 0 Å². The molecular formula is C14H23NOS. The van der Waals surface area contributed by atoms with E-state index in [0.717, 1.165) is 4.88 Å². The molecule has 1 aliphatic rings. The van der Waals surface area contributed by atoms with Crippen LogP contribution >= 0.6 is 11.3 Å². The van der Waals surface area contributed by atoms with Gasteiger partial charge >= 0.3 is 0 Å². The first-order chi connectivity index (χ1) is 8.07. The molecule has 2 unspecified atom stereocenters. The lowest BCUT2D eigenvalue weighted by Crippen LogP contribution is -2.39. The highest BCUT2D eigenvalue weighted by molar-refractivity contribution is 7.10. The second-order valence-corrected chi connectivity index (χ2v) is 6.88. The summed E-state index contributed by atoms with van der Waals surface area (Å²) in [6.45, 7) is 5.37. The molecule has 3 heteroatoms. The largest absolute Gasteiger partial charge is 0.386 e. The van der Waals surface area contributed by atoms with E-state index in [-0.39, 0.29) is 6.10 Å². The third-order valence-corrected chi connectivity index (χ3v) is 4.65. The normalized spacial score (nSPS) is 25.7. The Labute approximate surface area is 108 Å². The van der Waals surface area contributed by atoms with Gasteiger partial charge in [-0.05, 0) is 36.1 Å². The quantitative estimate of drug-likeness (QED) is 0.862. The van der Waals surface area contributed by atoms with Gasteiger partial charge in [-0.1, -0.05) is 26.3 Å². The molecule has 0 spiro atoms. The van der Waals surface area contributed by atoms with Gasteiger partial charge in [0, 0.05) is 17.5 Å². The van der Waals surface area contributed by atoms with Crippen LogP contribution in [0.1, 0.15) is 50.5 Å². The molecule has 0 aromatic carbocycles. The fraction of sp³-hybridized carbons (Fsp3) is 0.714. The minimum absolute atomic E-state index is 0.347. The maximum Gasteiger partial charge on any atom is 0.101 e. The van der Waals surface area contributed by atoms with Crippen LogP contribution in [0.2, 0.25) is 0 Å². The Morgan fingerprint density at radius 2 is 2.41 bits per heavy atom. The van der Waals surface area contributed by atoms with Gasteiger partial charge in [-0.25, -0.2) is 0 Å². The average molecular weight is 253 g/mol. The van der Waals surface area contributed by atoms with Crippen LogP contribution in [0.5, 0.6) is 0 Å². The molecule has 1 heterocycles. The molecule has 1 fully saturated rings. The lowest BCUT2D eigenvalue weighted by atomic mass is 9.75. The van der Waals surface area contributed by atoms with Crippen molar-refractivity contribution in [2.24, 2.45) is 5.41 Å². The van der Waals surface area contributed by atoms with Crippen LogP contribution in [0.25, 0.3) is 0 Å². The first-order valence-electron chi connectivity index (χ1n) is 6.52. The fourth-order valence-electron chi connectivity index (χ4n) is 2.73. The van der Waals surface area contributed by atoms with Crippen molar-refractivity contribution in [3.63, 3.8) is 0 Å². The molecule has 1 aliphatic carbocycles. The van der Waals surface area contributed by atoms with Gasteiger partial charge in [0.05, 0.1) is 0 Å². The Hall–Kier alpha value is -0.380. The molecule has 2 atom stereocenters. The predicted molar refractivity (Wildman–Crippen MR) is 73.3 cm³/mol. The lowest BCUT2D eigenvalue weighted by Gasteiger charge is -2.36. The number of thiophene rings is 1. The second kappa shape index (κ2) is 5.51. The molecule has 96 valence electrons. The highest BCUT2D eigenvalue weighted by Gasteiger charge is 2.27. The van der Waals surface area contributed by atoms with Crippen LogP contribution in [0.15, 0.2) is 17.5 Å². The van der Waals surface area contributed by atoms with E-state index < -0.39 is 0 Å². The summed E-state index contributed by atoms with van der Waals surface area (Å²) in [5.74, 6) is 0. The zero-order valence-corrected chi connectivity index (χ0v) is 11.6. The van der Waals surface area contributed by atoms with Gasteiger partial charge in [-0.15, -0.1) is 11.3 Å². The van der Waals surface area contributed by atoms with Gasteiger partial charge in [0.2, 0.25) is 0 Å². The van der Waals surface area contributed by atoms with Crippen LogP contribution in [0.3, 0.4) is 0 Å². The smallest absolute Gasteiger partial charge is 0.101 e. The topological polar surface area (TPSA) is 32.3 Å². The van der Waals surface area contributed by atoms with Crippen molar-refractivity contribution in [1.82, 2.24) is 5.32 Å². The number of nitrogens with one attached hydrogen (secondary N) is 1. The number of rotatable bonds is 4. The molecule has 0 bridgehead atoms. The molecule has 1 saturated carbocycles. The highest BCUT2D eigenvalue weighted by Crippen LogP contribution is 2.35. The monoisotopic (exact) mass is 253 g/mol. The van der Waals surface area contributed by atoms with Crippen LogP contribution in [0.4, 0.5) is 0 Å². The zero-order chi connectivity index (χ0) is 12.3. The molecule has 0 radical (unpaired) electrons. The standard InChI is InChI=1S/C14H23NOS/c1-14(2)7-3-5-11(9-14)15-10-12(16)13-6-4-8-17-13/h4,6,8,11-12,15-16H,3,5,7,9-10H2,1-2H3. The average Bonchev–Trinajstić information content (AvgIpc) is 2.78. The van der Waals surface area contributed by atoms with Crippen LogP contribution in [-0.4, -0.2) is 17.7 Å². The van der Waals surface area contributed by atoms with Crippen LogP contribution < -0.4 is 5.32 Å². The highest BCUT2D eigenvalue weighted by atomic mass is 32.1. The van der Waals surface area contributed by atoms with Gasteiger partial charge in [0.25, 0.3) is 0 Å². The molecule has 1 aromatic heterocycles. The minimum Gasteiger partial charge on any atom is -0.386 e. The maximum absolute atomic E-state index is 10.0. The van der Waals surface area contributed by atoms with E-state index in [1.165, 1.54) is 25.7 Å². The van der Waals surface area contributed by atoms with Gasteiger partial charge < -0.3 is 10.4 Å². The van der Waals surface area contributed by atoms with E-state index in [1.807, 2.05) is 17.5 Å². The summed E-state index contributed by atoms with van der Waals surface area (Å²) in [5.41, 5.74) is 0.462. The van der Waals surface area contributed by atoms with E-state index in [1.54, 1.807) is 11.3 Å². The molecule has 2 nitrogen and oxygen atoms in total. The SMILES string of the molecule is CC1(C)CCCC(NCC(O)c2cccs2)C1. The van der Waals surface area contributed by atoms with Crippen molar-refractivity contribution in [3.05, 3.63) is 22.4 Å². The van der Waals surface area contributed by atoms with Gasteiger partial charge in [-0.2, -0.15) is 0 Å². The minimum atomic E-state index is -0.347. The van der Waals surface area contributed by atoms with Crippen molar-refractivity contribution in [1.29, 1.82) is 0 Å². The van der Waals surface area contributed by atoms with Crippen molar-refractivity contribution in [2.45, 2.75) is 51.7 Å².